The summed E-state index contributed by atoms with van der Waals surface area (Å²) < 4.78 is 18.3. The number of aliphatic carboxylic acids is 1. The molecule has 0 aliphatic heterocycles. The fraction of sp³-hybridized carbons (Fsp3) is 0. The second kappa shape index (κ2) is 6.76. The van der Waals surface area contributed by atoms with Crippen LogP contribution in [0.15, 0.2) is 56.3 Å². The average Bonchev–Trinajstić information content (AvgIpc) is 3.19. The quantitative estimate of drug-likeness (QED) is 0.522. The zero-order chi connectivity index (χ0) is 16.2. The molecule has 0 saturated carbocycles. The predicted octanol–water partition coefficient (Wildman–Crippen LogP) is 2.82. The maximum absolute atomic E-state index is 12.9. The molecular weight excluding hydrogens is 339 g/mol. The van der Waals surface area contributed by atoms with Crippen LogP contribution in [-0.2, 0) is 4.79 Å². The Labute approximate surface area is 138 Å². The van der Waals surface area contributed by atoms with E-state index in [1.807, 2.05) is 11.4 Å². The molecule has 23 heavy (non-hydrogen) atoms. The molecule has 0 bridgehead atoms. The zero-order valence-electron chi connectivity index (χ0n) is 11.4. The first-order valence-electron chi connectivity index (χ1n) is 6.35. The number of carbonyl (C=O) groups excluding carboxylic acids is 1. The Balaban J connectivity index is 1.82. The first-order chi connectivity index (χ1) is 11.1. The van der Waals surface area contributed by atoms with Gasteiger partial charge in [-0.2, -0.15) is 0 Å². The van der Waals surface area contributed by atoms with Gasteiger partial charge in [-0.25, -0.2) is 4.39 Å². The van der Waals surface area contributed by atoms with Crippen LogP contribution in [0, 0.1) is 5.82 Å². The number of thioether (sulfide) groups is 1. The van der Waals surface area contributed by atoms with E-state index in [9.17, 15) is 14.3 Å². The van der Waals surface area contributed by atoms with Gasteiger partial charge in [-0.3, -0.25) is 0 Å². The lowest BCUT2D eigenvalue weighted by molar-refractivity contribution is -0.298. The number of hydrogen-bond acceptors (Lipinski definition) is 7. The van der Waals surface area contributed by atoms with Crippen molar-refractivity contribution in [3.63, 3.8) is 0 Å². The van der Waals surface area contributed by atoms with Crippen LogP contribution in [0.25, 0.3) is 17.5 Å². The van der Waals surface area contributed by atoms with Crippen LogP contribution >= 0.6 is 23.1 Å². The summed E-state index contributed by atoms with van der Waals surface area (Å²) in [5, 5.41) is 20.7. The van der Waals surface area contributed by atoms with E-state index in [1.165, 1.54) is 41.7 Å². The smallest absolute Gasteiger partial charge is 0.281 e. The van der Waals surface area contributed by atoms with Crippen molar-refractivity contribution in [3.05, 3.63) is 57.4 Å². The molecule has 0 aliphatic rings. The van der Waals surface area contributed by atoms with Gasteiger partial charge in [-0.1, -0.05) is 6.07 Å². The number of carbonyl (C=O) groups is 1. The monoisotopic (exact) mass is 347 g/mol. The standard InChI is InChI=1S/C15H9FN2O3S2/c16-10-5-3-9(4-6-10)13-17-18-15(21-13)23-12(14(19)20)8-11-2-1-7-22-11/h1-8H,(H,19,20)/p-1/b12-8+. The van der Waals surface area contributed by atoms with Gasteiger partial charge in [0.2, 0.25) is 5.89 Å². The molecule has 8 heteroatoms. The topological polar surface area (TPSA) is 79.0 Å². The third-order valence-corrected chi connectivity index (χ3v) is 4.38. The van der Waals surface area contributed by atoms with E-state index in [1.54, 1.807) is 6.07 Å². The van der Waals surface area contributed by atoms with Crippen LogP contribution in [-0.4, -0.2) is 16.2 Å². The van der Waals surface area contributed by atoms with Gasteiger partial charge in [-0.15, -0.1) is 21.5 Å². The Kier molecular flexibility index (Phi) is 4.54. The summed E-state index contributed by atoms with van der Waals surface area (Å²) in [5.41, 5.74) is 0.544. The zero-order valence-corrected chi connectivity index (χ0v) is 13.1. The molecule has 0 fully saturated rings. The minimum atomic E-state index is -1.33. The van der Waals surface area contributed by atoms with Crippen molar-refractivity contribution in [1.82, 2.24) is 10.2 Å². The Morgan fingerprint density at radius 1 is 1.26 bits per heavy atom. The summed E-state index contributed by atoms with van der Waals surface area (Å²) in [6.45, 7) is 0. The molecule has 0 aliphatic carbocycles. The van der Waals surface area contributed by atoms with Crippen LogP contribution in [0.4, 0.5) is 4.39 Å². The molecule has 2 heterocycles. The van der Waals surface area contributed by atoms with E-state index in [-0.39, 0.29) is 21.8 Å². The summed E-state index contributed by atoms with van der Waals surface area (Å²) in [7, 11) is 0. The van der Waals surface area contributed by atoms with Gasteiger partial charge in [0.15, 0.2) is 0 Å². The molecule has 0 atom stereocenters. The normalized spacial score (nSPS) is 11.6. The van der Waals surface area contributed by atoms with Gasteiger partial charge < -0.3 is 14.3 Å². The van der Waals surface area contributed by atoms with Gasteiger partial charge in [0.05, 0.1) is 5.97 Å². The summed E-state index contributed by atoms with van der Waals surface area (Å²) >= 11 is 2.20. The molecule has 0 saturated heterocycles. The highest BCUT2D eigenvalue weighted by atomic mass is 32.2. The molecule has 3 rings (SSSR count). The van der Waals surface area contributed by atoms with E-state index in [0.29, 0.717) is 5.56 Å². The molecule has 2 aromatic heterocycles. The Bertz CT molecular complexity index is 842. The van der Waals surface area contributed by atoms with Gasteiger partial charge in [-0.05, 0) is 53.5 Å². The van der Waals surface area contributed by atoms with Gasteiger partial charge in [0, 0.05) is 15.3 Å². The second-order valence-electron chi connectivity index (χ2n) is 4.29. The fourth-order valence-corrected chi connectivity index (χ4v) is 3.08. The maximum Gasteiger partial charge on any atom is 0.281 e. The summed E-state index contributed by atoms with van der Waals surface area (Å²) in [6, 6.07) is 9.14. The predicted molar refractivity (Wildman–Crippen MR) is 82.9 cm³/mol. The van der Waals surface area contributed by atoms with E-state index in [4.69, 9.17) is 4.42 Å². The van der Waals surface area contributed by atoms with Gasteiger partial charge in [0.25, 0.3) is 5.22 Å². The lowest BCUT2D eigenvalue weighted by atomic mass is 10.2. The Morgan fingerprint density at radius 2 is 2.04 bits per heavy atom. The molecule has 0 amide bonds. The third-order valence-electron chi connectivity index (χ3n) is 2.71. The second-order valence-corrected chi connectivity index (χ2v) is 6.27. The molecule has 0 N–H and O–H groups in total. The number of halogens is 1. The number of thiophene rings is 1. The number of nitrogens with zero attached hydrogens (tertiary/aromatic N) is 2. The number of benzene rings is 1. The minimum Gasteiger partial charge on any atom is -0.544 e. The number of hydrogen-bond donors (Lipinski definition) is 0. The van der Waals surface area contributed by atoms with Crippen molar-refractivity contribution in [2.24, 2.45) is 0 Å². The van der Waals surface area contributed by atoms with Crippen molar-refractivity contribution in [1.29, 1.82) is 0 Å². The first kappa shape index (κ1) is 15.4. The van der Waals surface area contributed by atoms with E-state index in [0.717, 1.165) is 16.6 Å². The third kappa shape index (κ3) is 3.85. The van der Waals surface area contributed by atoms with Crippen molar-refractivity contribution in [3.8, 4) is 11.5 Å². The lowest BCUT2D eigenvalue weighted by Gasteiger charge is -2.04. The largest absolute Gasteiger partial charge is 0.544 e. The van der Waals surface area contributed by atoms with Crippen LogP contribution in [0.5, 0.6) is 0 Å². The van der Waals surface area contributed by atoms with Gasteiger partial charge >= 0.3 is 0 Å². The highest BCUT2D eigenvalue weighted by molar-refractivity contribution is 8.03. The van der Waals surface area contributed by atoms with Crippen molar-refractivity contribution in [2.45, 2.75) is 5.22 Å². The Hall–Kier alpha value is -2.45. The molecule has 0 spiro atoms. The first-order valence-corrected chi connectivity index (χ1v) is 8.05. The molecule has 116 valence electrons. The summed E-state index contributed by atoms with van der Waals surface area (Å²) in [4.78, 5) is 12.0. The maximum atomic E-state index is 12.9. The SMILES string of the molecule is O=C([O-])/C(=C\c1cccs1)Sc1nnc(-c2ccc(F)cc2)o1. The van der Waals surface area contributed by atoms with Gasteiger partial charge in [0.1, 0.15) is 5.82 Å². The number of carboxylic acid groups (broad SMARTS) is 1. The molecule has 0 radical (unpaired) electrons. The Morgan fingerprint density at radius 3 is 2.70 bits per heavy atom. The van der Waals surface area contributed by atoms with E-state index >= 15 is 0 Å². The lowest BCUT2D eigenvalue weighted by Crippen LogP contribution is -2.22. The van der Waals surface area contributed by atoms with Crippen molar-refractivity contribution < 1.29 is 18.7 Å². The molecular formula is C15H8FN2O3S2-. The number of rotatable bonds is 5. The van der Waals surface area contributed by atoms with E-state index in [2.05, 4.69) is 10.2 Å². The number of aromatic nitrogens is 2. The van der Waals surface area contributed by atoms with Crippen LogP contribution in [0.2, 0.25) is 0 Å². The molecule has 3 aromatic rings. The van der Waals surface area contributed by atoms with Crippen LogP contribution in [0.3, 0.4) is 0 Å². The number of carboxylic acids is 1. The highest BCUT2D eigenvalue weighted by Crippen LogP contribution is 2.30. The van der Waals surface area contributed by atoms with Crippen molar-refractivity contribution in [2.75, 3.05) is 0 Å². The molecule has 5 nitrogen and oxygen atoms in total. The van der Waals surface area contributed by atoms with Crippen LogP contribution < -0.4 is 5.11 Å². The average molecular weight is 347 g/mol. The summed E-state index contributed by atoms with van der Waals surface area (Å²) in [5.74, 6) is -1.52. The fourth-order valence-electron chi connectivity index (χ4n) is 1.69. The van der Waals surface area contributed by atoms with Crippen molar-refractivity contribution >= 4 is 35.1 Å². The molecule has 1 aromatic carbocycles. The van der Waals surface area contributed by atoms with Crippen LogP contribution in [0.1, 0.15) is 4.88 Å². The molecule has 0 unspecified atom stereocenters. The highest BCUT2D eigenvalue weighted by Gasteiger charge is 2.12. The summed E-state index contributed by atoms with van der Waals surface area (Å²) in [6.07, 6.45) is 1.48. The minimum absolute atomic E-state index is 0.0400. The van der Waals surface area contributed by atoms with E-state index < -0.39 is 5.97 Å².